The first-order valence-electron chi connectivity index (χ1n) is 9.18. The van der Waals surface area contributed by atoms with E-state index in [1.165, 1.54) is 4.90 Å². The molecule has 1 amide bonds. The van der Waals surface area contributed by atoms with E-state index in [1.54, 1.807) is 20.0 Å². The first-order chi connectivity index (χ1) is 13.4. The lowest BCUT2D eigenvalue weighted by molar-refractivity contribution is -0.126. The minimum absolute atomic E-state index is 0.281. The van der Waals surface area contributed by atoms with Gasteiger partial charge in [-0.05, 0) is 51.1 Å². The summed E-state index contributed by atoms with van der Waals surface area (Å²) in [5.74, 6) is -0.783. The highest BCUT2D eigenvalue weighted by atomic mass is 16.5. The van der Waals surface area contributed by atoms with E-state index in [0.29, 0.717) is 5.56 Å². The van der Waals surface area contributed by atoms with Crippen LogP contribution >= 0.6 is 0 Å². The summed E-state index contributed by atoms with van der Waals surface area (Å²) in [6, 6.07) is 20.9. The molecule has 0 N–H and O–H groups in total. The fourth-order valence-electron chi connectivity index (χ4n) is 3.27. The zero-order valence-electron chi connectivity index (χ0n) is 16.5. The maximum atomic E-state index is 12.7. The molecule has 3 aromatic rings. The van der Waals surface area contributed by atoms with Crippen LogP contribution in [0.15, 0.2) is 66.7 Å². The van der Waals surface area contributed by atoms with Gasteiger partial charge < -0.3 is 14.2 Å². The highest BCUT2D eigenvalue weighted by Crippen LogP contribution is 2.22. The van der Waals surface area contributed by atoms with Crippen LogP contribution in [0.3, 0.4) is 0 Å². The van der Waals surface area contributed by atoms with Crippen LogP contribution < -0.4 is 4.90 Å². The third kappa shape index (κ3) is 3.83. The topological polar surface area (TPSA) is 51.5 Å². The second-order valence-corrected chi connectivity index (χ2v) is 6.74. The first kappa shape index (κ1) is 19.4. The molecule has 3 rings (SSSR count). The Kier molecular flexibility index (Phi) is 5.64. The van der Waals surface area contributed by atoms with Gasteiger partial charge in [-0.15, -0.1) is 0 Å². The predicted octanol–water partition coefficient (Wildman–Crippen LogP) is 4.30. The lowest BCUT2D eigenvalue weighted by Crippen LogP contribution is -2.37. The molecule has 0 saturated heterocycles. The van der Waals surface area contributed by atoms with Crippen molar-refractivity contribution in [1.29, 1.82) is 0 Å². The third-order valence-electron chi connectivity index (χ3n) is 4.77. The lowest BCUT2D eigenvalue weighted by atomic mass is 10.2. The van der Waals surface area contributed by atoms with Gasteiger partial charge in [0.25, 0.3) is 5.91 Å². The van der Waals surface area contributed by atoms with E-state index in [-0.39, 0.29) is 5.91 Å². The average Bonchev–Trinajstić information content (AvgIpc) is 3.02. The van der Waals surface area contributed by atoms with Crippen molar-refractivity contribution in [1.82, 2.24) is 4.57 Å². The fraction of sp³-hybridized carbons (Fsp3) is 0.217. The van der Waals surface area contributed by atoms with Crippen molar-refractivity contribution < 1.29 is 14.3 Å². The number of benzene rings is 2. The number of likely N-dealkylation sites (N-methyl/N-ethyl adjacent to an activating group) is 1. The van der Waals surface area contributed by atoms with E-state index in [9.17, 15) is 9.59 Å². The number of anilines is 1. The first-order valence-corrected chi connectivity index (χ1v) is 9.18. The van der Waals surface area contributed by atoms with E-state index < -0.39 is 12.1 Å². The Balaban J connectivity index is 1.77. The minimum atomic E-state index is -0.891. The predicted molar refractivity (Wildman–Crippen MR) is 110 cm³/mol. The maximum Gasteiger partial charge on any atom is 0.340 e. The monoisotopic (exact) mass is 376 g/mol. The lowest BCUT2D eigenvalue weighted by Gasteiger charge is -2.21. The summed E-state index contributed by atoms with van der Waals surface area (Å²) in [6.45, 7) is 5.41. The van der Waals surface area contributed by atoms with Gasteiger partial charge in [0, 0.05) is 29.8 Å². The molecular formula is C23H24N2O3. The number of amides is 1. The largest absolute Gasteiger partial charge is 0.449 e. The van der Waals surface area contributed by atoms with Crippen LogP contribution in [-0.2, 0) is 9.53 Å². The van der Waals surface area contributed by atoms with Crippen LogP contribution in [0.1, 0.15) is 28.7 Å². The van der Waals surface area contributed by atoms with Crippen molar-refractivity contribution in [2.75, 3.05) is 11.9 Å². The standard InChI is InChI=1S/C23H24N2O3/c1-16-15-21(17(2)25(16)20-13-9-6-10-14-20)23(27)28-18(3)22(26)24(4)19-11-7-5-8-12-19/h5-15,18H,1-4H3. The van der Waals surface area contributed by atoms with Crippen molar-refractivity contribution >= 4 is 17.6 Å². The molecule has 1 unspecified atom stereocenters. The zero-order chi connectivity index (χ0) is 20.3. The number of hydrogen-bond donors (Lipinski definition) is 0. The summed E-state index contributed by atoms with van der Waals surface area (Å²) in [5.41, 5.74) is 3.89. The summed E-state index contributed by atoms with van der Waals surface area (Å²) < 4.78 is 7.48. The molecule has 2 aromatic carbocycles. The summed E-state index contributed by atoms with van der Waals surface area (Å²) in [6.07, 6.45) is -0.891. The molecule has 0 fully saturated rings. The van der Waals surface area contributed by atoms with Crippen LogP contribution in [-0.4, -0.2) is 29.6 Å². The summed E-state index contributed by atoms with van der Waals surface area (Å²) in [4.78, 5) is 26.9. The summed E-state index contributed by atoms with van der Waals surface area (Å²) in [7, 11) is 1.67. The van der Waals surface area contributed by atoms with E-state index in [1.807, 2.05) is 79.1 Å². The Morgan fingerprint density at radius 3 is 2.14 bits per heavy atom. The molecule has 144 valence electrons. The van der Waals surface area contributed by atoms with Crippen molar-refractivity contribution in [2.24, 2.45) is 0 Å². The van der Waals surface area contributed by atoms with Crippen molar-refractivity contribution in [3.05, 3.63) is 83.7 Å². The van der Waals surface area contributed by atoms with Crippen LogP contribution in [0.25, 0.3) is 5.69 Å². The van der Waals surface area contributed by atoms with Gasteiger partial charge in [-0.2, -0.15) is 0 Å². The average molecular weight is 376 g/mol. The molecule has 0 aliphatic carbocycles. The Labute approximate surface area is 165 Å². The smallest absolute Gasteiger partial charge is 0.340 e. The number of carbonyl (C=O) groups is 2. The molecule has 0 spiro atoms. The van der Waals surface area contributed by atoms with Gasteiger partial charge in [0.2, 0.25) is 0 Å². The van der Waals surface area contributed by atoms with Crippen molar-refractivity contribution in [2.45, 2.75) is 26.9 Å². The Bertz CT molecular complexity index is 978. The third-order valence-corrected chi connectivity index (χ3v) is 4.77. The van der Waals surface area contributed by atoms with Crippen LogP contribution in [0.5, 0.6) is 0 Å². The molecular weight excluding hydrogens is 352 g/mol. The number of aromatic nitrogens is 1. The number of aryl methyl sites for hydroxylation is 1. The van der Waals surface area contributed by atoms with Crippen LogP contribution in [0.4, 0.5) is 5.69 Å². The van der Waals surface area contributed by atoms with Crippen molar-refractivity contribution in [3.8, 4) is 5.69 Å². The van der Waals surface area contributed by atoms with E-state index in [0.717, 1.165) is 22.8 Å². The molecule has 0 radical (unpaired) electrons. The Morgan fingerprint density at radius 1 is 0.964 bits per heavy atom. The number of carbonyl (C=O) groups excluding carboxylic acids is 2. The van der Waals surface area contributed by atoms with Gasteiger partial charge in [-0.3, -0.25) is 4.79 Å². The van der Waals surface area contributed by atoms with Crippen LogP contribution in [0, 0.1) is 13.8 Å². The molecule has 1 atom stereocenters. The molecule has 1 aromatic heterocycles. The zero-order valence-corrected chi connectivity index (χ0v) is 16.5. The van der Waals surface area contributed by atoms with Crippen LogP contribution in [0.2, 0.25) is 0 Å². The van der Waals surface area contributed by atoms with Gasteiger partial charge >= 0.3 is 5.97 Å². The molecule has 0 bridgehead atoms. The molecule has 28 heavy (non-hydrogen) atoms. The van der Waals surface area contributed by atoms with E-state index >= 15 is 0 Å². The highest BCUT2D eigenvalue weighted by molar-refractivity contribution is 5.99. The number of para-hydroxylation sites is 2. The molecule has 0 saturated carbocycles. The van der Waals surface area contributed by atoms with Gasteiger partial charge in [0.05, 0.1) is 5.56 Å². The molecule has 1 heterocycles. The van der Waals surface area contributed by atoms with Gasteiger partial charge in [0.15, 0.2) is 6.10 Å². The number of rotatable bonds is 5. The molecule has 5 heteroatoms. The Morgan fingerprint density at radius 2 is 1.54 bits per heavy atom. The van der Waals surface area contributed by atoms with Gasteiger partial charge in [0.1, 0.15) is 0 Å². The van der Waals surface area contributed by atoms with Gasteiger partial charge in [-0.25, -0.2) is 4.79 Å². The van der Waals surface area contributed by atoms with E-state index in [2.05, 4.69) is 0 Å². The minimum Gasteiger partial charge on any atom is -0.449 e. The van der Waals surface area contributed by atoms with E-state index in [4.69, 9.17) is 4.74 Å². The molecule has 0 aliphatic rings. The maximum absolute atomic E-state index is 12.7. The fourth-order valence-corrected chi connectivity index (χ4v) is 3.27. The number of esters is 1. The Hall–Kier alpha value is -3.34. The quantitative estimate of drug-likeness (QED) is 0.624. The second kappa shape index (κ2) is 8.13. The number of nitrogens with zero attached hydrogens (tertiary/aromatic N) is 2. The number of hydrogen-bond acceptors (Lipinski definition) is 3. The van der Waals surface area contributed by atoms with Gasteiger partial charge in [-0.1, -0.05) is 36.4 Å². The number of ether oxygens (including phenoxy) is 1. The highest BCUT2D eigenvalue weighted by Gasteiger charge is 2.25. The normalized spacial score (nSPS) is 11.7. The molecule has 5 nitrogen and oxygen atoms in total. The second-order valence-electron chi connectivity index (χ2n) is 6.74. The summed E-state index contributed by atoms with van der Waals surface area (Å²) in [5, 5.41) is 0. The molecule has 0 aliphatic heterocycles. The SMILES string of the molecule is Cc1cc(C(=O)OC(C)C(=O)N(C)c2ccccc2)c(C)n1-c1ccccc1. The van der Waals surface area contributed by atoms with Crippen molar-refractivity contribution in [3.63, 3.8) is 0 Å². The summed E-state index contributed by atoms with van der Waals surface area (Å²) >= 11 is 0.